The maximum atomic E-state index is 14.7. The van der Waals surface area contributed by atoms with E-state index in [2.05, 4.69) is 15.3 Å². The largest absolute Gasteiger partial charge is 0.376 e. The van der Waals surface area contributed by atoms with Crippen LogP contribution in [0.5, 0.6) is 0 Å². The Morgan fingerprint density at radius 1 is 1.26 bits per heavy atom. The van der Waals surface area contributed by atoms with Gasteiger partial charge in [-0.2, -0.15) is 0 Å². The number of thioether (sulfide) groups is 1. The van der Waals surface area contributed by atoms with E-state index in [9.17, 15) is 4.39 Å². The zero-order valence-electron chi connectivity index (χ0n) is 20.6. The lowest BCUT2D eigenvalue weighted by Crippen LogP contribution is -2.45. The molecular weight excluding hydrogens is 551 g/mol. The number of aromatic nitrogens is 4. The maximum absolute atomic E-state index is 14.7. The molecule has 0 spiro atoms. The molecule has 0 radical (unpaired) electrons. The highest BCUT2D eigenvalue weighted by atomic mass is 35.5. The lowest BCUT2D eigenvalue weighted by Gasteiger charge is -2.38. The molecule has 2 aromatic carbocycles. The Morgan fingerprint density at radius 2 is 2.11 bits per heavy atom. The summed E-state index contributed by atoms with van der Waals surface area (Å²) in [7, 11) is 1.58. The maximum Gasteiger partial charge on any atom is 0.184 e. The molecule has 12 heteroatoms. The smallest absolute Gasteiger partial charge is 0.184 e. The third-order valence-corrected chi connectivity index (χ3v) is 8.20. The molecule has 3 unspecified atom stereocenters. The van der Waals surface area contributed by atoms with E-state index in [1.807, 2.05) is 42.6 Å². The summed E-state index contributed by atoms with van der Waals surface area (Å²) in [6.07, 6.45) is 1.79. The number of thiazole rings is 1. The topological polar surface area (TPSA) is 80.5 Å². The first-order valence-corrected chi connectivity index (χ1v) is 14.1. The Bertz CT molecular complexity index is 1310. The molecule has 5 atom stereocenters. The summed E-state index contributed by atoms with van der Waals surface area (Å²) in [6.45, 7) is 2.54. The molecule has 5 rings (SSSR count). The molecule has 3 heterocycles. The first kappa shape index (κ1) is 27.2. The van der Waals surface area contributed by atoms with Crippen LogP contribution >= 0.6 is 34.7 Å². The summed E-state index contributed by atoms with van der Waals surface area (Å²) in [6, 6.07) is 14.2. The van der Waals surface area contributed by atoms with E-state index in [1.54, 1.807) is 30.3 Å². The number of methoxy groups -OCH3 is 1. The van der Waals surface area contributed by atoms with Gasteiger partial charge < -0.3 is 18.9 Å². The fourth-order valence-electron chi connectivity index (χ4n) is 3.92. The summed E-state index contributed by atoms with van der Waals surface area (Å²) in [4.78, 5) is 4.63. The van der Waals surface area contributed by atoms with Gasteiger partial charge >= 0.3 is 0 Å². The predicted molar refractivity (Wildman–Crippen MR) is 144 cm³/mol. The number of rotatable bonds is 10. The minimum absolute atomic E-state index is 0.290. The van der Waals surface area contributed by atoms with Gasteiger partial charge in [-0.15, -0.1) is 16.4 Å². The first-order valence-electron chi connectivity index (χ1n) is 11.9. The van der Waals surface area contributed by atoms with Crippen molar-refractivity contribution in [1.82, 2.24) is 20.0 Å². The van der Waals surface area contributed by atoms with Gasteiger partial charge in [-0.3, -0.25) is 0 Å². The Morgan fingerprint density at radius 3 is 2.84 bits per heavy atom. The van der Waals surface area contributed by atoms with Crippen LogP contribution < -0.4 is 0 Å². The van der Waals surface area contributed by atoms with Crippen molar-refractivity contribution in [3.63, 3.8) is 0 Å². The Balaban J connectivity index is 1.34. The van der Waals surface area contributed by atoms with Gasteiger partial charge in [0.25, 0.3) is 0 Å². The molecular formula is C26H26ClFN4O4S2. The van der Waals surface area contributed by atoms with Crippen molar-refractivity contribution in [3.8, 4) is 10.7 Å². The molecule has 4 aromatic rings. The highest BCUT2D eigenvalue weighted by Crippen LogP contribution is 2.35. The zero-order chi connectivity index (χ0) is 26.5. The van der Waals surface area contributed by atoms with Crippen LogP contribution in [0.2, 0.25) is 5.02 Å². The van der Waals surface area contributed by atoms with Crippen molar-refractivity contribution in [3.05, 3.63) is 82.7 Å². The van der Waals surface area contributed by atoms with Crippen LogP contribution in [0.15, 0.2) is 71.2 Å². The lowest BCUT2D eigenvalue weighted by molar-refractivity contribution is -0.267. The number of hydrogen-bond donors (Lipinski definition) is 0. The van der Waals surface area contributed by atoms with Gasteiger partial charge in [-0.25, -0.2) is 14.1 Å². The molecule has 1 saturated heterocycles. The van der Waals surface area contributed by atoms with E-state index in [4.69, 9.17) is 30.5 Å². The highest BCUT2D eigenvalue weighted by molar-refractivity contribution is 7.99. The van der Waals surface area contributed by atoms with Gasteiger partial charge in [-0.1, -0.05) is 58.9 Å². The fraction of sp³-hybridized carbons (Fsp3) is 0.346. The van der Waals surface area contributed by atoms with Crippen molar-refractivity contribution in [2.24, 2.45) is 0 Å². The van der Waals surface area contributed by atoms with Crippen LogP contribution in [0.1, 0.15) is 18.8 Å². The summed E-state index contributed by atoms with van der Waals surface area (Å²) in [5.74, 6) is -0.400. The normalized spacial score (nSPS) is 21.3. The zero-order valence-corrected chi connectivity index (χ0v) is 23.0. The van der Waals surface area contributed by atoms with Crippen molar-refractivity contribution in [2.45, 2.75) is 48.4 Å². The van der Waals surface area contributed by atoms with Gasteiger partial charge in [0.05, 0.1) is 25.5 Å². The summed E-state index contributed by atoms with van der Waals surface area (Å²) in [5, 5.41) is 11.5. The van der Waals surface area contributed by atoms with Crippen LogP contribution in [-0.2, 0) is 25.5 Å². The summed E-state index contributed by atoms with van der Waals surface area (Å²) < 4.78 is 40.8. The number of nitrogens with zero attached hydrogens (tertiary/aromatic N) is 4. The lowest BCUT2D eigenvalue weighted by atomic mass is 10.1. The van der Waals surface area contributed by atoms with Gasteiger partial charge in [0.2, 0.25) is 0 Å². The van der Waals surface area contributed by atoms with Gasteiger partial charge in [0.1, 0.15) is 34.2 Å². The van der Waals surface area contributed by atoms with E-state index < -0.39 is 29.8 Å². The predicted octanol–water partition coefficient (Wildman–Crippen LogP) is 5.85. The van der Waals surface area contributed by atoms with Crippen LogP contribution in [0.4, 0.5) is 4.39 Å². The third kappa shape index (κ3) is 6.60. The highest BCUT2D eigenvalue weighted by Gasteiger charge is 2.36. The van der Waals surface area contributed by atoms with E-state index in [0.29, 0.717) is 28.8 Å². The number of benzene rings is 2. The van der Waals surface area contributed by atoms with Crippen LogP contribution in [0.3, 0.4) is 0 Å². The van der Waals surface area contributed by atoms with Crippen LogP contribution in [0, 0.1) is 5.82 Å². The van der Waals surface area contributed by atoms with Gasteiger partial charge in [0.15, 0.2) is 6.29 Å². The first-order chi connectivity index (χ1) is 18.5. The van der Waals surface area contributed by atoms with E-state index >= 15 is 0 Å². The quantitative estimate of drug-likeness (QED) is 0.172. The Kier molecular flexibility index (Phi) is 9.05. The third-order valence-electron chi connectivity index (χ3n) is 5.95. The summed E-state index contributed by atoms with van der Waals surface area (Å²) >= 11 is 8.83. The molecule has 1 aliphatic rings. The number of halogens is 2. The van der Waals surface area contributed by atoms with Crippen molar-refractivity contribution < 1.29 is 23.3 Å². The summed E-state index contributed by atoms with van der Waals surface area (Å²) in [5.41, 5.74) is 0.950. The second kappa shape index (κ2) is 12.6. The molecule has 0 N–H and O–H groups in total. The van der Waals surface area contributed by atoms with Gasteiger partial charge in [-0.05, 0) is 25.1 Å². The van der Waals surface area contributed by atoms with Crippen LogP contribution in [0.25, 0.3) is 10.7 Å². The Labute approximate surface area is 233 Å². The number of hydrogen-bond acceptors (Lipinski definition) is 9. The molecule has 1 fully saturated rings. The molecule has 1 aliphatic heterocycles. The Hall–Kier alpha value is -2.38. The standard InChI is InChI=1S/C26H26ClFN4O4S2/c1-16-22(15-34-25(35-16)17-6-4-3-5-7-17)36-26(38-23-12-18(27)8-9-19(23)28)21(33-2)14-32-13-20(30-31-32)24-29-10-11-37-24/h3-13,16,21-22,25-26H,14-15H2,1-2H3/t16-,21+,22?,25?,26?/m1/s1. The molecule has 200 valence electrons. The van der Waals surface area contributed by atoms with Crippen molar-refractivity contribution in [2.75, 3.05) is 13.7 Å². The minimum atomic E-state index is -0.645. The second-order valence-electron chi connectivity index (χ2n) is 8.59. The molecule has 0 amide bonds. The molecule has 2 aromatic heterocycles. The van der Waals surface area contributed by atoms with E-state index in [1.165, 1.54) is 35.2 Å². The molecule has 0 saturated carbocycles. The molecule has 38 heavy (non-hydrogen) atoms. The average molecular weight is 577 g/mol. The molecule has 0 bridgehead atoms. The fourth-order valence-corrected chi connectivity index (χ4v) is 5.92. The van der Waals surface area contributed by atoms with Crippen molar-refractivity contribution in [1.29, 1.82) is 0 Å². The van der Waals surface area contributed by atoms with Crippen LogP contribution in [-0.4, -0.2) is 57.4 Å². The van der Waals surface area contributed by atoms with Crippen molar-refractivity contribution >= 4 is 34.7 Å². The SMILES string of the molecule is CO[C@@H](Cn1cc(-c2nccs2)nn1)C(OC1COC(c2ccccc2)O[C@@H]1C)Sc1cc(Cl)ccc1F. The average Bonchev–Trinajstić information content (AvgIpc) is 3.63. The molecule has 8 nitrogen and oxygen atoms in total. The number of ether oxygens (including phenoxy) is 4. The van der Waals surface area contributed by atoms with E-state index in [-0.39, 0.29) is 6.10 Å². The minimum Gasteiger partial charge on any atom is -0.376 e. The molecule has 0 aliphatic carbocycles. The van der Waals surface area contributed by atoms with Gasteiger partial charge in [0, 0.05) is 34.2 Å². The second-order valence-corrected chi connectivity index (χ2v) is 11.1. The van der Waals surface area contributed by atoms with E-state index in [0.717, 1.165) is 10.6 Å². The monoisotopic (exact) mass is 576 g/mol.